The molecule has 0 atom stereocenters. The third-order valence-electron chi connectivity index (χ3n) is 2.35. The molecule has 0 aliphatic heterocycles. The van der Waals surface area contributed by atoms with Crippen molar-refractivity contribution in [3.63, 3.8) is 0 Å². The van der Waals surface area contributed by atoms with Gasteiger partial charge in [-0.1, -0.05) is 0 Å². The average Bonchev–Trinajstić information content (AvgIpc) is 2.30. The Bertz CT molecular complexity index is 551. The summed E-state index contributed by atoms with van der Waals surface area (Å²) in [4.78, 5) is 10.7. The van der Waals surface area contributed by atoms with Crippen LogP contribution in [0, 0.1) is 25.2 Å². The summed E-state index contributed by atoms with van der Waals surface area (Å²) in [5.74, 6) is -1.29. The third-order valence-corrected chi connectivity index (χ3v) is 2.35. The Balaban J connectivity index is 3.22. The molecule has 0 saturated heterocycles. The second-order valence-electron chi connectivity index (χ2n) is 3.84. The Morgan fingerprint density at radius 2 is 1.95 bits per heavy atom. The highest BCUT2D eigenvalue weighted by molar-refractivity contribution is 5.96. The normalized spacial score (nSPS) is 11.3. The number of halogens is 2. The summed E-state index contributed by atoms with van der Waals surface area (Å²) in [5.41, 5.74) is 0.889. The van der Waals surface area contributed by atoms with Gasteiger partial charge >= 0.3 is 12.6 Å². The van der Waals surface area contributed by atoms with Crippen LogP contribution in [0.1, 0.15) is 16.7 Å². The molecular formula is C13H11F2NO3. The van der Waals surface area contributed by atoms with Crippen LogP contribution < -0.4 is 4.74 Å². The van der Waals surface area contributed by atoms with Gasteiger partial charge < -0.3 is 9.84 Å². The Morgan fingerprint density at radius 1 is 1.42 bits per heavy atom. The van der Waals surface area contributed by atoms with Gasteiger partial charge in [0.2, 0.25) is 0 Å². The van der Waals surface area contributed by atoms with Gasteiger partial charge in [0.05, 0.1) is 0 Å². The second kappa shape index (κ2) is 5.96. The summed E-state index contributed by atoms with van der Waals surface area (Å²) in [6, 6.07) is 4.50. The van der Waals surface area contributed by atoms with Crippen molar-refractivity contribution in [2.75, 3.05) is 0 Å². The summed E-state index contributed by atoms with van der Waals surface area (Å²) in [6.07, 6.45) is 1.18. The lowest BCUT2D eigenvalue weighted by Gasteiger charge is -2.12. The molecule has 0 unspecified atom stereocenters. The maximum atomic E-state index is 12.2. The van der Waals surface area contributed by atoms with E-state index in [1.54, 1.807) is 19.9 Å². The maximum absolute atomic E-state index is 12.2. The molecule has 4 nitrogen and oxygen atoms in total. The van der Waals surface area contributed by atoms with Crippen molar-refractivity contribution in [1.29, 1.82) is 5.26 Å². The zero-order valence-electron chi connectivity index (χ0n) is 10.3. The largest absolute Gasteiger partial charge is 0.477 e. The average molecular weight is 267 g/mol. The predicted molar refractivity (Wildman–Crippen MR) is 63.8 cm³/mol. The molecule has 0 aliphatic carbocycles. The summed E-state index contributed by atoms with van der Waals surface area (Å²) >= 11 is 0. The number of ether oxygens (including phenoxy) is 1. The predicted octanol–water partition coefficient (Wildman–Crippen LogP) is 2.90. The molecule has 0 amide bonds. The lowest BCUT2D eigenvalue weighted by Crippen LogP contribution is -2.05. The van der Waals surface area contributed by atoms with Crippen molar-refractivity contribution in [3.05, 3.63) is 34.4 Å². The standard InChI is InChI=1S/C13H11F2NO3/c1-7-3-9(5-10(6-16)12(17)18)4-8(2)11(7)19-13(14)15/h3-5,13H,1-2H3,(H,17,18)/b10-5+. The molecule has 19 heavy (non-hydrogen) atoms. The van der Waals surface area contributed by atoms with Crippen LogP contribution >= 0.6 is 0 Å². The van der Waals surface area contributed by atoms with Crippen molar-refractivity contribution in [2.24, 2.45) is 0 Å². The van der Waals surface area contributed by atoms with E-state index < -0.39 is 18.2 Å². The number of rotatable bonds is 4. The highest BCUT2D eigenvalue weighted by Crippen LogP contribution is 2.27. The number of carboxylic acid groups (broad SMARTS) is 1. The fourth-order valence-electron chi connectivity index (χ4n) is 1.65. The Hall–Kier alpha value is -2.42. The lowest BCUT2D eigenvalue weighted by molar-refractivity contribution is -0.132. The molecule has 6 heteroatoms. The van der Waals surface area contributed by atoms with Gasteiger partial charge in [0.15, 0.2) is 0 Å². The molecule has 100 valence electrons. The van der Waals surface area contributed by atoms with Gasteiger partial charge in [-0.25, -0.2) is 4.79 Å². The summed E-state index contributed by atoms with van der Waals surface area (Å²) in [7, 11) is 0. The lowest BCUT2D eigenvalue weighted by atomic mass is 10.0. The first-order valence-electron chi connectivity index (χ1n) is 5.26. The van der Waals surface area contributed by atoms with Gasteiger partial charge in [-0.3, -0.25) is 0 Å². The molecule has 0 aromatic heterocycles. The first kappa shape index (κ1) is 14.6. The Morgan fingerprint density at radius 3 is 2.32 bits per heavy atom. The number of aryl methyl sites for hydroxylation is 2. The van der Waals surface area contributed by atoms with Crippen LogP contribution in [0.25, 0.3) is 6.08 Å². The van der Waals surface area contributed by atoms with Gasteiger partial charge in [0.25, 0.3) is 0 Å². The first-order chi connectivity index (χ1) is 8.85. The van der Waals surface area contributed by atoms with Gasteiger partial charge in [-0.05, 0) is 48.7 Å². The number of alkyl halides is 2. The van der Waals surface area contributed by atoms with Crippen molar-refractivity contribution in [1.82, 2.24) is 0 Å². The molecule has 0 fully saturated rings. The molecule has 0 aliphatic rings. The molecule has 0 radical (unpaired) electrons. The fourth-order valence-corrected chi connectivity index (χ4v) is 1.65. The number of hydrogen-bond donors (Lipinski definition) is 1. The number of benzene rings is 1. The van der Waals surface area contributed by atoms with E-state index in [-0.39, 0.29) is 5.75 Å². The zero-order valence-corrected chi connectivity index (χ0v) is 10.3. The van der Waals surface area contributed by atoms with Gasteiger partial charge in [-0.15, -0.1) is 0 Å². The van der Waals surface area contributed by atoms with Gasteiger partial charge in [0, 0.05) is 0 Å². The smallest absolute Gasteiger partial charge is 0.387 e. The Kier molecular flexibility index (Phi) is 4.59. The number of nitrogens with zero attached hydrogens (tertiary/aromatic N) is 1. The van der Waals surface area contributed by atoms with E-state index in [0.717, 1.165) is 0 Å². The molecular weight excluding hydrogens is 256 g/mol. The van der Waals surface area contributed by atoms with Gasteiger partial charge in [0.1, 0.15) is 17.4 Å². The van der Waals surface area contributed by atoms with Crippen LogP contribution in [0.4, 0.5) is 8.78 Å². The highest BCUT2D eigenvalue weighted by atomic mass is 19.3. The molecule has 1 aromatic rings. The van der Waals surface area contributed by atoms with Crippen molar-refractivity contribution in [2.45, 2.75) is 20.5 Å². The van der Waals surface area contributed by atoms with Crippen molar-refractivity contribution >= 4 is 12.0 Å². The number of hydrogen-bond acceptors (Lipinski definition) is 3. The second-order valence-corrected chi connectivity index (χ2v) is 3.84. The van der Waals surface area contributed by atoms with Crippen LogP contribution in [0.2, 0.25) is 0 Å². The molecule has 0 spiro atoms. The zero-order chi connectivity index (χ0) is 14.6. The minimum Gasteiger partial charge on any atom is -0.477 e. The molecule has 1 N–H and O–H groups in total. The van der Waals surface area contributed by atoms with Crippen LogP contribution in [0.15, 0.2) is 17.7 Å². The molecule has 1 rings (SSSR count). The van der Waals surface area contributed by atoms with Crippen LogP contribution in [-0.4, -0.2) is 17.7 Å². The summed E-state index contributed by atoms with van der Waals surface area (Å²) < 4.78 is 28.8. The van der Waals surface area contributed by atoms with Crippen molar-refractivity contribution in [3.8, 4) is 11.8 Å². The van der Waals surface area contributed by atoms with E-state index >= 15 is 0 Å². The van der Waals surface area contributed by atoms with Crippen LogP contribution in [0.3, 0.4) is 0 Å². The minimum absolute atomic E-state index is 0.0565. The number of carboxylic acids is 1. The highest BCUT2D eigenvalue weighted by Gasteiger charge is 2.12. The molecule has 0 bridgehead atoms. The van der Waals surface area contributed by atoms with E-state index in [9.17, 15) is 13.6 Å². The first-order valence-corrected chi connectivity index (χ1v) is 5.26. The summed E-state index contributed by atoms with van der Waals surface area (Å²) in [6.45, 7) is 0.205. The monoisotopic (exact) mass is 267 g/mol. The SMILES string of the molecule is Cc1cc(/C=C(\C#N)C(=O)O)cc(C)c1OC(F)F. The summed E-state index contributed by atoms with van der Waals surface area (Å²) in [5, 5.41) is 17.4. The molecule has 0 heterocycles. The van der Waals surface area contributed by atoms with E-state index in [1.807, 2.05) is 0 Å². The fraction of sp³-hybridized carbons (Fsp3) is 0.231. The molecule has 1 aromatic carbocycles. The number of aliphatic carboxylic acids is 1. The Labute approximate surface area is 108 Å². The van der Waals surface area contributed by atoms with E-state index in [0.29, 0.717) is 16.7 Å². The number of nitriles is 1. The van der Waals surface area contributed by atoms with Crippen LogP contribution in [0.5, 0.6) is 5.75 Å². The van der Waals surface area contributed by atoms with Gasteiger partial charge in [-0.2, -0.15) is 14.0 Å². The third kappa shape index (κ3) is 3.78. The van der Waals surface area contributed by atoms with Crippen molar-refractivity contribution < 1.29 is 23.4 Å². The number of carbonyl (C=O) groups is 1. The topological polar surface area (TPSA) is 70.3 Å². The van der Waals surface area contributed by atoms with Crippen LogP contribution in [-0.2, 0) is 4.79 Å². The quantitative estimate of drug-likeness (QED) is 0.672. The van der Waals surface area contributed by atoms with E-state index in [1.165, 1.54) is 18.2 Å². The minimum atomic E-state index is -2.92. The molecule has 0 saturated carbocycles. The van der Waals surface area contributed by atoms with E-state index in [4.69, 9.17) is 10.4 Å². The maximum Gasteiger partial charge on any atom is 0.387 e. The van der Waals surface area contributed by atoms with E-state index in [2.05, 4.69) is 4.74 Å².